The number of benzene rings is 1. The Balaban J connectivity index is 2.56. The van der Waals surface area contributed by atoms with Crippen molar-refractivity contribution in [2.24, 2.45) is 0 Å². The maximum Gasteiger partial charge on any atom is 0.335 e. The summed E-state index contributed by atoms with van der Waals surface area (Å²) >= 11 is 5.76. The summed E-state index contributed by atoms with van der Waals surface area (Å²) in [6.45, 7) is 1.79. The molecule has 0 saturated carbocycles. The summed E-state index contributed by atoms with van der Waals surface area (Å²) in [5.41, 5.74) is 0.916. The fourth-order valence-corrected chi connectivity index (χ4v) is 1.78. The van der Waals surface area contributed by atoms with Crippen molar-refractivity contribution in [1.82, 2.24) is 14.8 Å². The maximum absolute atomic E-state index is 10.9. The largest absolute Gasteiger partial charge is 0.478 e. The van der Waals surface area contributed by atoms with Gasteiger partial charge in [-0.05, 0) is 25.1 Å². The van der Waals surface area contributed by atoms with Gasteiger partial charge in [0.2, 0.25) is 0 Å². The maximum atomic E-state index is 10.9. The molecular weight excluding hydrogens is 242 g/mol. The first-order valence-electron chi connectivity index (χ1n) is 4.94. The van der Waals surface area contributed by atoms with Gasteiger partial charge in [-0.2, -0.15) is 0 Å². The molecule has 1 N–H and O–H groups in total. The highest BCUT2D eigenvalue weighted by Crippen LogP contribution is 2.15. The van der Waals surface area contributed by atoms with Crippen LogP contribution in [-0.2, 0) is 5.88 Å². The summed E-state index contributed by atoms with van der Waals surface area (Å²) < 4.78 is 1.74. The van der Waals surface area contributed by atoms with E-state index in [9.17, 15) is 4.79 Å². The molecule has 0 radical (unpaired) electrons. The fraction of sp³-hybridized carbons (Fsp3) is 0.182. The second-order valence-corrected chi connectivity index (χ2v) is 3.76. The first-order valence-corrected chi connectivity index (χ1v) is 5.47. The zero-order valence-corrected chi connectivity index (χ0v) is 9.85. The molecular formula is C11H10ClN3O2. The van der Waals surface area contributed by atoms with E-state index in [0.717, 1.165) is 0 Å². The number of alkyl halides is 1. The monoisotopic (exact) mass is 251 g/mol. The van der Waals surface area contributed by atoms with Crippen LogP contribution in [0.1, 0.15) is 22.0 Å². The van der Waals surface area contributed by atoms with Gasteiger partial charge < -0.3 is 5.11 Å². The smallest absolute Gasteiger partial charge is 0.335 e. The summed E-state index contributed by atoms with van der Waals surface area (Å²) in [6, 6.07) is 6.57. The van der Waals surface area contributed by atoms with Crippen LogP contribution in [0.15, 0.2) is 24.3 Å². The third kappa shape index (κ3) is 2.14. The first kappa shape index (κ1) is 11.6. The number of nitrogens with zero attached hydrogens (tertiary/aromatic N) is 3. The summed E-state index contributed by atoms with van der Waals surface area (Å²) in [5, 5.41) is 16.8. The lowest BCUT2D eigenvalue weighted by molar-refractivity contribution is 0.0697. The highest BCUT2D eigenvalue weighted by Gasteiger charge is 2.11. The van der Waals surface area contributed by atoms with E-state index in [1.54, 1.807) is 29.7 Å². The zero-order chi connectivity index (χ0) is 12.4. The van der Waals surface area contributed by atoms with E-state index >= 15 is 0 Å². The molecule has 0 aliphatic carbocycles. The molecule has 17 heavy (non-hydrogen) atoms. The predicted molar refractivity (Wildman–Crippen MR) is 62.6 cm³/mol. The minimum Gasteiger partial charge on any atom is -0.478 e. The third-order valence-electron chi connectivity index (χ3n) is 2.36. The second-order valence-electron chi connectivity index (χ2n) is 3.49. The minimum absolute atomic E-state index is 0.219. The fourth-order valence-electron chi connectivity index (χ4n) is 1.61. The highest BCUT2D eigenvalue weighted by molar-refractivity contribution is 6.16. The van der Waals surface area contributed by atoms with Crippen LogP contribution in [0, 0.1) is 6.92 Å². The van der Waals surface area contributed by atoms with Gasteiger partial charge in [0.1, 0.15) is 5.82 Å². The number of carboxylic acid groups (broad SMARTS) is 1. The molecule has 2 rings (SSSR count). The molecule has 1 aromatic carbocycles. The van der Waals surface area contributed by atoms with Crippen molar-refractivity contribution in [3.63, 3.8) is 0 Å². The molecule has 6 heteroatoms. The second kappa shape index (κ2) is 4.55. The quantitative estimate of drug-likeness (QED) is 0.848. The number of hydrogen-bond acceptors (Lipinski definition) is 3. The van der Waals surface area contributed by atoms with Crippen LogP contribution in [0.25, 0.3) is 5.69 Å². The van der Waals surface area contributed by atoms with Gasteiger partial charge in [0, 0.05) is 5.69 Å². The minimum atomic E-state index is -0.968. The van der Waals surface area contributed by atoms with E-state index in [4.69, 9.17) is 16.7 Å². The summed E-state index contributed by atoms with van der Waals surface area (Å²) in [7, 11) is 0. The van der Waals surface area contributed by atoms with E-state index in [1.807, 2.05) is 0 Å². The van der Waals surface area contributed by atoms with Gasteiger partial charge in [-0.3, -0.25) is 4.57 Å². The lowest BCUT2D eigenvalue weighted by atomic mass is 10.2. The average Bonchev–Trinajstić information content (AvgIpc) is 2.70. The lowest BCUT2D eigenvalue weighted by Crippen LogP contribution is -2.04. The van der Waals surface area contributed by atoms with E-state index in [2.05, 4.69) is 10.2 Å². The van der Waals surface area contributed by atoms with Gasteiger partial charge in [0.15, 0.2) is 5.82 Å². The normalized spacial score (nSPS) is 10.5. The molecule has 5 nitrogen and oxygen atoms in total. The Morgan fingerprint density at radius 3 is 2.88 bits per heavy atom. The molecule has 0 saturated heterocycles. The number of aromatic nitrogens is 3. The Morgan fingerprint density at radius 2 is 2.24 bits per heavy atom. The Labute approximate surface area is 103 Å². The summed E-state index contributed by atoms with van der Waals surface area (Å²) in [5.74, 6) is 0.512. The van der Waals surface area contributed by atoms with E-state index in [-0.39, 0.29) is 11.4 Å². The van der Waals surface area contributed by atoms with Gasteiger partial charge in [-0.1, -0.05) is 6.07 Å². The van der Waals surface area contributed by atoms with Crippen LogP contribution in [0.5, 0.6) is 0 Å². The Kier molecular flexibility index (Phi) is 3.10. The van der Waals surface area contributed by atoms with Crippen LogP contribution in [0.2, 0.25) is 0 Å². The standard InChI is InChI=1S/C11H10ClN3O2/c1-7-13-14-10(6-12)15(7)9-4-2-3-8(5-9)11(16)17/h2-5H,6H2,1H3,(H,16,17). The van der Waals surface area contributed by atoms with Gasteiger partial charge in [-0.25, -0.2) is 4.79 Å². The molecule has 0 aliphatic rings. The molecule has 2 aromatic rings. The zero-order valence-electron chi connectivity index (χ0n) is 9.09. The van der Waals surface area contributed by atoms with Crippen molar-refractivity contribution in [3.05, 3.63) is 41.5 Å². The number of carbonyl (C=O) groups is 1. The molecule has 1 aromatic heterocycles. The van der Waals surface area contributed by atoms with Crippen molar-refractivity contribution >= 4 is 17.6 Å². The number of rotatable bonds is 3. The molecule has 1 heterocycles. The number of halogens is 1. The van der Waals surface area contributed by atoms with Crippen molar-refractivity contribution in [2.45, 2.75) is 12.8 Å². The van der Waals surface area contributed by atoms with Gasteiger partial charge in [0.25, 0.3) is 0 Å². The average molecular weight is 252 g/mol. The Morgan fingerprint density at radius 1 is 1.47 bits per heavy atom. The van der Waals surface area contributed by atoms with Crippen LogP contribution in [-0.4, -0.2) is 25.8 Å². The molecule has 0 fully saturated rings. The number of aryl methyl sites for hydroxylation is 1. The number of carboxylic acids is 1. The Hall–Kier alpha value is -1.88. The number of aromatic carboxylic acids is 1. The molecule has 0 amide bonds. The van der Waals surface area contributed by atoms with Crippen molar-refractivity contribution in [2.75, 3.05) is 0 Å². The molecule has 0 aliphatic heterocycles. The molecule has 0 bridgehead atoms. The molecule has 0 spiro atoms. The van der Waals surface area contributed by atoms with Crippen LogP contribution in [0.4, 0.5) is 0 Å². The summed E-state index contributed by atoms with van der Waals surface area (Å²) in [6.07, 6.45) is 0. The summed E-state index contributed by atoms with van der Waals surface area (Å²) in [4.78, 5) is 10.9. The lowest BCUT2D eigenvalue weighted by Gasteiger charge is -2.07. The van der Waals surface area contributed by atoms with E-state index < -0.39 is 5.97 Å². The van der Waals surface area contributed by atoms with Gasteiger partial charge in [-0.15, -0.1) is 21.8 Å². The molecule has 88 valence electrons. The van der Waals surface area contributed by atoms with Crippen LogP contribution in [0.3, 0.4) is 0 Å². The van der Waals surface area contributed by atoms with Gasteiger partial charge in [0.05, 0.1) is 11.4 Å². The SMILES string of the molecule is Cc1nnc(CCl)n1-c1cccc(C(=O)O)c1. The first-order chi connectivity index (χ1) is 8.13. The van der Waals surface area contributed by atoms with Crippen molar-refractivity contribution < 1.29 is 9.90 Å². The molecule has 0 atom stereocenters. The van der Waals surface area contributed by atoms with Crippen molar-refractivity contribution in [3.8, 4) is 5.69 Å². The van der Waals surface area contributed by atoms with Crippen LogP contribution >= 0.6 is 11.6 Å². The predicted octanol–water partition coefficient (Wildman–Crippen LogP) is 2.01. The van der Waals surface area contributed by atoms with E-state index in [0.29, 0.717) is 17.3 Å². The highest BCUT2D eigenvalue weighted by atomic mass is 35.5. The Bertz CT molecular complexity index is 566. The van der Waals surface area contributed by atoms with Crippen molar-refractivity contribution in [1.29, 1.82) is 0 Å². The third-order valence-corrected chi connectivity index (χ3v) is 2.60. The van der Waals surface area contributed by atoms with Gasteiger partial charge >= 0.3 is 5.97 Å². The van der Waals surface area contributed by atoms with E-state index in [1.165, 1.54) is 6.07 Å². The van der Waals surface area contributed by atoms with Crippen LogP contribution < -0.4 is 0 Å². The number of hydrogen-bond donors (Lipinski definition) is 1. The molecule has 0 unspecified atom stereocenters. The topological polar surface area (TPSA) is 68.0 Å².